The second kappa shape index (κ2) is 3.71. The molecule has 0 saturated heterocycles. The molecule has 0 saturated carbocycles. The van der Waals surface area contributed by atoms with Gasteiger partial charge in [0, 0.05) is 24.7 Å². The third-order valence-corrected chi connectivity index (χ3v) is 2.05. The summed E-state index contributed by atoms with van der Waals surface area (Å²) in [4.78, 5) is 19.4. The third kappa shape index (κ3) is 1.72. The Morgan fingerprint density at radius 2 is 1.93 bits per heavy atom. The number of hydrogen-bond donors (Lipinski definition) is 0. The average molecular weight is 252 g/mol. The number of hydrogen-bond acceptors (Lipinski definition) is 3. The van der Waals surface area contributed by atoms with Gasteiger partial charge in [-0.05, 0) is 22.0 Å². The molecule has 0 amide bonds. The molecule has 0 unspecified atom stereocenters. The molecule has 0 bridgehead atoms. The molecular weight excluding hydrogens is 246 g/mol. The van der Waals surface area contributed by atoms with Crippen LogP contribution < -0.4 is 5.56 Å². The number of halogens is 1. The Hall–Kier alpha value is -1.49. The van der Waals surface area contributed by atoms with E-state index in [1.54, 1.807) is 30.7 Å². The minimum atomic E-state index is -0.144. The lowest BCUT2D eigenvalue weighted by Crippen LogP contribution is -2.17. The summed E-state index contributed by atoms with van der Waals surface area (Å²) in [6.45, 7) is 0. The van der Waals surface area contributed by atoms with Gasteiger partial charge >= 0.3 is 0 Å². The van der Waals surface area contributed by atoms with Crippen LogP contribution in [0.3, 0.4) is 0 Å². The van der Waals surface area contributed by atoms with Crippen LogP contribution >= 0.6 is 15.9 Å². The van der Waals surface area contributed by atoms with Gasteiger partial charge in [-0.2, -0.15) is 0 Å². The molecule has 2 aromatic heterocycles. The van der Waals surface area contributed by atoms with Gasteiger partial charge in [-0.3, -0.25) is 9.36 Å². The molecule has 5 heteroatoms. The first-order valence-electron chi connectivity index (χ1n) is 3.93. The van der Waals surface area contributed by atoms with E-state index in [4.69, 9.17) is 0 Å². The maximum absolute atomic E-state index is 11.4. The van der Waals surface area contributed by atoms with Gasteiger partial charge in [0.1, 0.15) is 0 Å². The molecule has 14 heavy (non-hydrogen) atoms. The van der Waals surface area contributed by atoms with Crippen molar-refractivity contribution >= 4 is 15.9 Å². The van der Waals surface area contributed by atoms with E-state index in [9.17, 15) is 4.79 Å². The standard InChI is InChI=1S/C9H6BrN3O/c10-7-5-11-9(12-6-7)13-4-2-1-3-8(13)14/h1-6H. The Kier molecular flexibility index (Phi) is 2.41. The van der Waals surface area contributed by atoms with Crippen molar-refractivity contribution in [2.24, 2.45) is 0 Å². The lowest BCUT2D eigenvalue weighted by Gasteiger charge is -2.01. The molecule has 2 heterocycles. The van der Waals surface area contributed by atoms with Crippen molar-refractivity contribution in [2.75, 3.05) is 0 Å². The molecule has 0 aliphatic carbocycles. The lowest BCUT2D eigenvalue weighted by atomic mass is 10.5. The summed E-state index contributed by atoms with van der Waals surface area (Å²) in [6.07, 6.45) is 4.83. The molecule has 0 spiro atoms. The fraction of sp³-hybridized carbons (Fsp3) is 0. The molecule has 0 N–H and O–H groups in total. The molecule has 4 nitrogen and oxygen atoms in total. The number of nitrogens with zero attached hydrogens (tertiary/aromatic N) is 3. The minimum absolute atomic E-state index is 0.144. The van der Waals surface area contributed by atoms with Crippen LogP contribution in [0, 0.1) is 0 Å². The summed E-state index contributed by atoms with van der Waals surface area (Å²) in [7, 11) is 0. The van der Waals surface area contributed by atoms with Crippen molar-refractivity contribution in [3.8, 4) is 5.95 Å². The number of pyridine rings is 1. The molecule has 0 aromatic carbocycles. The molecule has 0 aliphatic rings. The van der Waals surface area contributed by atoms with Gasteiger partial charge in [0.15, 0.2) is 0 Å². The largest absolute Gasteiger partial charge is 0.269 e. The van der Waals surface area contributed by atoms with E-state index in [0.717, 1.165) is 4.47 Å². The Balaban J connectivity index is 2.56. The van der Waals surface area contributed by atoms with Gasteiger partial charge < -0.3 is 0 Å². The molecule has 70 valence electrons. The van der Waals surface area contributed by atoms with Crippen LogP contribution in [0.15, 0.2) is 46.1 Å². The summed E-state index contributed by atoms with van der Waals surface area (Å²) < 4.78 is 2.16. The molecule has 0 radical (unpaired) electrons. The summed E-state index contributed by atoms with van der Waals surface area (Å²) in [6, 6.07) is 4.90. The van der Waals surface area contributed by atoms with Crippen LogP contribution in [0.5, 0.6) is 0 Å². The predicted octanol–water partition coefficient (Wildman–Crippen LogP) is 1.39. The Morgan fingerprint density at radius 1 is 1.21 bits per heavy atom. The van der Waals surface area contributed by atoms with Crippen LogP contribution in [0.4, 0.5) is 0 Å². The van der Waals surface area contributed by atoms with Crippen LogP contribution in [0.25, 0.3) is 5.95 Å². The molecular formula is C9H6BrN3O. The maximum atomic E-state index is 11.4. The zero-order valence-corrected chi connectivity index (χ0v) is 8.68. The fourth-order valence-corrected chi connectivity index (χ4v) is 1.23. The van der Waals surface area contributed by atoms with E-state index in [2.05, 4.69) is 25.9 Å². The van der Waals surface area contributed by atoms with Gasteiger partial charge in [0.25, 0.3) is 5.56 Å². The first-order chi connectivity index (χ1) is 6.77. The van der Waals surface area contributed by atoms with E-state index >= 15 is 0 Å². The summed E-state index contributed by atoms with van der Waals surface area (Å²) in [5.74, 6) is 0.374. The van der Waals surface area contributed by atoms with Crippen molar-refractivity contribution in [1.29, 1.82) is 0 Å². The second-order valence-electron chi connectivity index (χ2n) is 2.61. The zero-order valence-electron chi connectivity index (χ0n) is 7.09. The van der Waals surface area contributed by atoms with Crippen LogP contribution in [-0.4, -0.2) is 14.5 Å². The second-order valence-corrected chi connectivity index (χ2v) is 3.53. The molecule has 0 atom stereocenters. The highest BCUT2D eigenvalue weighted by atomic mass is 79.9. The summed E-state index contributed by atoms with van der Waals surface area (Å²) >= 11 is 3.22. The van der Waals surface area contributed by atoms with Crippen molar-refractivity contribution in [3.63, 3.8) is 0 Å². The van der Waals surface area contributed by atoms with Crippen LogP contribution in [0.2, 0.25) is 0 Å². The van der Waals surface area contributed by atoms with E-state index in [1.165, 1.54) is 10.6 Å². The summed E-state index contributed by atoms with van der Waals surface area (Å²) in [5.41, 5.74) is -0.144. The summed E-state index contributed by atoms with van der Waals surface area (Å²) in [5, 5.41) is 0. The van der Waals surface area contributed by atoms with Crippen LogP contribution in [0.1, 0.15) is 0 Å². The average Bonchev–Trinajstić information content (AvgIpc) is 2.20. The van der Waals surface area contributed by atoms with E-state index in [-0.39, 0.29) is 5.56 Å². The molecule has 0 fully saturated rings. The van der Waals surface area contributed by atoms with E-state index in [1.807, 2.05) is 0 Å². The molecule has 2 aromatic rings. The number of aromatic nitrogens is 3. The highest BCUT2D eigenvalue weighted by molar-refractivity contribution is 9.10. The highest BCUT2D eigenvalue weighted by Crippen LogP contribution is 2.05. The first kappa shape index (κ1) is 9.08. The highest BCUT2D eigenvalue weighted by Gasteiger charge is 1.99. The SMILES string of the molecule is O=c1ccccn1-c1ncc(Br)cn1. The van der Waals surface area contributed by atoms with Gasteiger partial charge in [0.05, 0.1) is 4.47 Å². The van der Waals surface area contributed by atoms with Crippen LogP contribution in [-0.2, 0) is 0 Å². The zero-order chi connectivity index (χ0) is 9.97. The number of rotatable bonds is 1. The van der Waals surface area contributed by atoms with Gasteiger partial charge in [-0.15, -0.1) is 0 Å². The monoisotopic (exact) mass is 251 g/mol. The maximum Gasteiger partial charge on any atom is 0.257 e. The fourth-order valence-electron chi connectivity index (χ4n) is 1.02. The predicted molar refractivity (Wildman–Crippen MR) is 55.3 cm³/mol. The third-order valence-electron chi connectivity index (χ3n) is 1.64. The Morgan fingerprint density at radius 3 is 2.57 bits per heavy atom. The first-order valence-corrected chi connectivity index (χ1v) is 4.72. The van der Waals surface area contributed by atoms with Gasteiger partial charge in [0.2, 0.25) is 5.95 Å². The van der Waals surface area contributed by atoms with Gasteiger partial charge in [-0.1, -0.05) is 6.07 Å². The quantitative estimate of drug-likeness (QED) is 0.770. The van der Waals surface area contributed by atoms with Crippen molar-refractivity contribution in [1.82, 2.24) is 14.5 Å². The molecule has 0 aliphatic heterocycles. The van der Waals surface area contributed by atoms with Crippen molar-refractivity contribution in [2.45, 2.75) is 0 Å². The minimum Gasteiger partial charge on any atom is -0.269 e. The van der Waals surface area contributed by atoms with Gasteiger partial charge in [-0.25, -0.2) is 9.97 Å². The normalized spacial score (nSPS) is 10.1. The molecule has 2 rings (SSSR count). The Labute approximate surface area is 88.4 Å². The van der Waals surface area contributed by atoms with E-state index < -0.39 is 0 Å². The van der Waals surface area contributed by atoms with E-state index in [0.29, 0.717) is 5.95 Å². The van der Waals surface area contributed by atoms with Crippen molar-refractivity contribution in [3.05, 3.63) is 51.6 Å². The Bertz CT molecular complexity index is 492. The van der Waals surface area contributed by atoms with Crippen molar-refractivity contribution < 1.29 is 0 Å². The topological polar surface area (TPSA) is 47.8 Å². The smallest absolute Gasteiger partial charge is 0.257 e. The lowest BCUT2D eigenvalue weighted by molar-refractivity contribution is 0.883.